The average molecular weight is 400 g/mol. The average Bonchev–Trinajstić information content (AvgIpc) is 3.04. The van der Waals surface area contributed by atoms with Crippen molar-refractivity contribution in [1.82, 2.24) is 14.5 Å². The van der Waals surface area contributed by atoms with Crippen molar-refractivity contribution in [3.63, 3.8) is 0 Å². The number of amides is 1. The largest absolute Gasteiger partial charge is 0.462 e. The molecule has 0 saturated carbocycles. The number of aromatic nitrogens is 3. The normalized spacial score (nSPS) is 10.8. The van der Waals surface area contributed by atoms with E-state index in [0.29, 0.717) is 21.9 Å². The van der Waals surface area contributed by atoms with E-state index < -0.39 is 5.97 Å². The number of carbonyl (C=O) groups excluding carboxylic acids is 2. The summed E-state index contributed by atoms with van der Waals surface area (Å²) >= 11 is 1.15. The van der Waals surface area contributed by atoms with Crippen molar-refractivity contribution in [1.29, 1.82) is 0 Å². The molecule has 28 heavy (non-hydrogen) atoms. The van der Waals surface area contributed by atoms with E-state index in [1.54, 1.807) is 44.3 Å². The minimum absolute atomic E-state index is 0.0341. The Labute approximate surface area is 165 Å². The second-order valence-corrected chi connectivity index (χ2v) is 7.02. The van der Waals surface area contributed by atoms with E-state index in [9.17, 15) is 14.4 Å². The lowest BCUT2D eigenvalue weighted by atomic mass is 10.2. The van der Waals surface area contributed by atoms with Crippen molar-refractivity contribution in [2.75, 3.05) is 17.7 Å². The molecular formula is C19H20N4O4S. The van der Waals surface area contributed by atoms with Crippen molar-refractivity contribution < 1.29 is 14.3 Å². The number of fused-ring (bicyclic) bond motifs is 1. The number of hydrogen-bond donors (Lipinski definition) is 2. The molecule has 0 bridgehead atoms. The summed E-state index contributed by atoms with van der Waals surface area (Å²) in [6.45, 7) is 3.82. The highest BCUT2D eigenvalue weighted by molar-refractivity contribution is 7.99. The van der Waals surface area contributed by atoms with Crippen LogP contribution in [-0.4, -0.2) is 38.8 Å². The molecule has 0 fully saturated rings. The van der Waals surface area contributed by atoms with Crippen LogP contribution in [0.4, 0.5) is 5.69 Å². The highest BCUT2D eigenvalue weighted by Crippen LogP contribution is 2.20. The summed E-state index contributed by atoms with van der Waals surface area (Å²) in [5, 5.41) is 3.15. The lowest BCUT2D eigenvalue weighted by molar-refractivity contribution is -0.113. The van der Waals surface area contributed by atoms with Gasteiger partial charge in [-0.3, -0.25) is 14.2 Å². The molecule has 0 atom stereocenters. The summed E-state index contributed by atoms with van der Waals surface area (Å²) < 4.78 is 6.41. The zero-order valence-electron chi connectivity index (χ0n) is 15.7. The third-order valence-electron chi connectivity index (χ3n) is 3.98. The van der Waals surface area contributed by atoms with Crippen LogP contribution in [0.3, 0.4) is 0 Å². The lowest BCUT2D eigenvalue weighted by Gasteiger charge is -2.11. The molecule has 0 aliphatic carbocycles. The zero-order chi connectivity index (χ0) is 20.3. The maximum atomic E-state index is 12.4. The van der Waals surface area contributed by atoms with Gasteiger partial charge >= 0.3 is 5.97 Å². The second-order valence-electron chi connectivity index (χ2n) is 6.07. The standard InChI is InChI=1S/C19H20N4O4S/c1-4-27-18(26)12-7-5-6-8-13(12)21-15(24)10-28-19-22-14-9-11(2)20-16(14)17(25)23(19)3/h5-9,20H,4,10H2,1-3H3,(H,21,24). The van der Waals surface area contributed by atoms with Crippen molar-refractivity contribution in [3.8, 4) is 0 Å². The van der Waals surface area contributed by atoms with E-state index in [1.807, 2.05) is 6.92 Å². The van der Waals surface area contributed by atoms with E-state index in [2.05, 4.69) is 15.3 Å². The molecule has 3 aromatic rings. The fourth-order valence-corrected chi connectivity index (χ4v) is 3.45. The molecular weight excluding hydrogens is 380 g/mol. The number of thioether (sulfide) groups is 1. The Kier molecular flexibility index (Phi) is 5.84. The molecule has 0 aliphatic rings. The quantitative estimate of drug-likeness (QED) is 0.374. The number of aromatic amines is 1. The van der Waals surface area contributed by atoms with Crippen molar-refractivity contribution in [2.24, 2.45) is 7.05 Å². The summed E-state index contributed by atoms with van der Waals surface area (Å²) in [6.07, 6.45) is 0. The number of H-pyrrole nitrogens is 1. The predicted octanol–water partition coefficient (Wildman–Crippen LogP) is 2.48. The number of nitrogens with one attached hydrogen (secondary N) is 2. The van der Waals surface area contributed by atoms with Gasteiger partial charge in [-0.1, -0.05) is 23.9 Å². The molecule has 9 heteroatoms. The van der Waals surface area contributed by atoms with Gasteiger partial charge in [0.15, 0.2) is 5.16 Å². The first-order valence-corrected chi connectivity index (χ1v) is 9.64. The van der Waals surface area contributed by atoms with Crippen LogP contribution in [0.25, 0.3) is 11.0 Å². The Morgan fingerprint density at radius 3 is 2.82 bits per heavy atom. The minimum Gasteiger partial charge on any atom is -0.462 e. The smallest absolute Gasteiger partial charge is 0.340 e. The Hall–Kier alpha value is -3.07. The van der Waals surface area contributed by atoms with Crippen LogP contribution in [0.2, 0.25) is 0 Å². The van der Waals surface area contributed by atoms with Gasteiger partial charge in [-0.05, 0) is 32.0 Å². The van der Waals surface area contributed by atoms with Crippen molar-refractivity contribution in [2.45, 2.75) is 19.0 Å². The number of esters is 1. The Morgan fingerprint density at radius 2 is 2.07 bits per heavy atom. The van der Waals surface area contributed by atoms with Gasteiger partial charge in [0, 0.05) is 12.7 Å². The molecule has 1 amide bonds. The molecule has 1 aromatic carbocycles. The van der Waals surface area contributed by atoms with Gasteiger partial charge in [-0.2, -0.15) is 0 Å². The van der Waals surface area contributed by atoms with Crippen LogP contribution in [-0.2, 0) is 16.6 Å². The summed E-state index contributed by atoms with van der Waals surface area (Å²) in [5.74, 6) is -0.781. The molecule has 0 aliphatic heterocycles. The topological polar surface area (TPSA) is 106 Å². The fraction of sp³-hybridized carbons (Fsp3) is 0.263. The molecule has 146 valence electrons. The third-order valence-corrected chi connectivity index (χ3v) is 5.01. The number of nitrogens with zero attached hydrogens (tertiary/aromatic N) is 2. The maximum Gasteiger partial charge on any atom is 0.340 e. The first-order valence-electron chi connectivity index (χ1n) is 8.65. The Morgan fingerprint density at radius 1 is 1.32 bits per heavy atom. The maximum absolute atomic E-state index is 12.4. The molecule has 2 aromatic heterocycles. The molecule has 0 spiro atoms. The van der Waals surface area contributed by atoms with Crippen LogP contribution < -0.4 is 10.9 Å². The van der Waals surface area contributed by atoms with E-state index in [4.69, 9.17) is 4.74 Å². The summed E-state index contributed by atoms with van der Waals surface area (Å²) in [4.78, 5) is 44.2. The van der Waals surface area contributed by atoms with Gasteiger partial charge < -0.3 is 15.0 Å². The van der Waals surface area contributed by atoms with E-state index in [0.717, 1.165) is 17.5 Å². The van der Waals surface area contributed by atoms with E-state index in [-0.39, 0.29) is 29.4 Å². The predicted molar refractivity (Wildman–Crippen MR) is 108 cm³/mol. The number of anilines is 1. The van der Waals surface area contributed by atoms with Crippen LogP contribution in [0, 0.1) is 6.92 Å². The highest BCUT2D eigenvalue weighted by Gasteiger charge is 2.16. The molecule has 0 saturated heterocycles. The molecule has 3 rings (SSSR count). The number of rotatable bonds is 6. The Bertz CT molecular complexity index is 1100. The molecule has 2 N–H and O–H groups in total. The number of aryl methyl sites for hydroxylation is 1. The monoisotopic (exact) mass is 400 g/mol. The number of ether oxygens (including phenoxy) is 1. The molecule has 8 nitrogen and oxygen atoms in total. The molecule has 0 unspecified atom stereocenters. The second kappa shape index (κ2) is 8.30. The van der Waals surface area contributed by atoms with E-state index in [1.165, 1.54) is 4.57 Å². The fourth-order valence-electron chi connectivity index (χ4n) is 2.68. The van der Waals surface area contributed by atoms with E-state index >= 15 is 0 Å². The van der Waals surface area contributed by atoms with Gasteiger partial charge in [0.05, 0.1) is 29.1 Å². The summed E-state index contributed by atoms with van der Waals surface area (Å²) in [5.41, 5.74) is 2.32. The zero-order valence-corrected chi connectivity index (χ0v) is 16.6. The number of para-hydroxylation sites is 1. The van der Waals surface area contributed by atoms with Crippen LogP contribution in [0.1, 0.15) is 23.0 Å². The van der Waals surface area contributed by atoms with Gasteiger partial charge in [-0.15, -0.1) is 0 Å². The number of benzene rings is 1. The SMILES string of the molecule is CCOC(=O)c1ccccc1NC(=O)CSc1nc2cc(C)[nH]c2c(=O)n1C. The Balaban J connectivity index is 1.74. The van der Waals surface area contributed by atoms with Gasteiger partial charge in [0.1, 0.15) is 5.52 Å². The van der Waals surface area contributed by atoms with Crippen molar-refractivity contribution >= 4 is 40.4 Å². The number of hydrogen-bond acceptors (Lipinski definition) is 6. The highest BCUT2D eigenvalue weighted by atomic mass is 32.2. The summed E-state index contributed by atoms with van der Waals surface area (Å²) in [7, 11) is 1.61. The van der Waals surface area contributed by atoms with Gasteiger partial charge in [-0.25, -0.2) is 9.78 Å². The van der Waals surface area contributed by atoms with Crippen LogP contribution in [0.15, 0.2) is 40.3 Å². The lowest BCUT2D eigenvalue weighted by Crippen LogP contribution is -2.22. The first-order chi connectivity index (χ1) is 13.4. The van der Waals surface area contributed by atoms with Crippen LogP contribution >= 0.6 is 11.8 Å². The third kappa shape index (κ3) is 4.09. The minimum atomic E-state index is -0.497. The number of carbonyl (C=O) groups is 2. The molecule has 2 heterocycles. The van der Waals surface area contributed by atoms with Gasteiger partial charge in [0.25, 0.3) is 5.56 Å². The van der Waals surface area contributed by atoms with Gasteiger partial charge in [0.2, 0.25) is 5.91 Å². The molecule has 0 radical (unpaired) electrons. The summed E-state index contributed by atoms with van der Waals surface area (Å²) in [6, 6.07) is 8.44. The first kappa shape index (κ1) is 19.7. The van der Waals surface area contributed by atoms with Crippen LogP contribution in [0.5, 0.6) is 0 Å². The van der Waals surface area contributed by atoms with Crippen molar-refractivity contribution in [3.05, 3.63) is 51.9 Å².